The van der Waals surface area contributed by atoms with E-state index < -0.39 is 23.3 Å². The number of fused-ring (bicyclic) bond motifs is 4. The van der Waals surface area contributed by atoms with E-state index in [9.17, 15) is 19.8 Å². The zero-order valence-corrected chi connectivity index (χ0v) is 15.9. The number of carbonyl (C=O) groups is 2. The van der Waals surface area contributed by atoms with Crippen LogP contribution in [-0.2, 0) is 19.1 Å². The van der Waals surface area contributed by atoms with Crippen LogP contribution in [0.15, 0.2) is 12.2 Å². The van der Waals surface area contributed by atoms with Crippen molar-refractivity contribution < 1.29 is 29.3 Å². The smallest absolute Gasteiger partial charge is 0.334 e. The number of aliphatic hydroxyl groups is 2. The van der Waals surface area contributed by atoms with Crippen LogP contribution in [0.25, 0.3) is 0 Å². The quantitative estimate of drug-likeness (QED) is 0.387. The van der Waals surface area contributed by atoms with Gasteiger partial charge in [0.25, 0.3) is 0 Å². The SMILES string of the molecule is C=C1C(=O)OC2(C)CCC1CC1OC1(C)CCC(O)C(C)(O)CCC2=O. The Morgan fingerprint density at radius 1 is 1.12 bits per heavy atom. The van der Waals surface area contributed by atoms with E-state index in [2.05, 4.69) is 6.58 Å². The second-order valence-electron chi connectivity index (χ2n) is 8.87. The fourth-order valence-corrected chi connectivity index (χ4v) is 4.17. The summed E-state index contributed by atoms with van der Waals surface area (Å²) in [6.07, 6.45) is 1.93. The van der Waals surface area contributed by atoms with Gasteiger partial charge in [-0.05, 0) is 65.2 Å². The maximum Gasteiger partial charge on any atom is 0.334 e. The van der Waals surface area contributed by atoms with Gasteiger partial charge in [0.05, 0.1) is 23.4 Å². The van der Waals surface area contributed by atoms with Crippen LogP contribution in [-0.4, -0.2) is 51.0 Å². The Kier molecular flexibility index (Phi) is 4.83. The number of rotatable bonds is 0. The van der Waals surface area contributed by atoms with E-state index in [0.29, 0.717) is 37.7 Å². The number of esters is 1. The number of Topliss-reactive ketones (excluding diaryl/α,β-unsaturated/α-hetero) is 1. The molecule has 3 rings (SSSR count). The van der Waals surface area contributed by atoms with Gasteiger partial charge >= 0.3 is 5.97 Å². The summed E-state index contributed by atoms with van der Waals surface area (Å²) in [4.78, 5) is 25.2. The predicted octanol–water partition coefficient (Wildman–Crippen LogP) is 2.06. The lowest BCUT2D eigenvalue weighted by Gasteiger charge is -2.32. The molecule has 0 aromatic rings. The Hall–Kier alpha value is -1.24. The van der Waals surface area contributed by atoms with Crippen molar-refractivity contribution in [2.75, 3.05) is 0 Å². The molecule has 6 heteroatoms. The highest BCUT2D eigenvalue weighted by Gasteiger charge is 2.54. The van der Waals surface area contributed by atoms with Crippen molar-refractivity contribution in [1.29, 1.82) is 0 Å². The molecule has 1 aliphatic carbocycles. The molecule has 6 unspecified atom stereocenters. The zero-order valence-electron chi connectivity index (χ0n) is 15.9. The van der Waals surface area contributed by atoms with Crippen LogP contribution < -0.4 is 0 Å². The number of aliphatic hydroxyl groups excluding tert-OH is 1. The van der Waals surface area contributed by atoms with Crippen LogP contribution in [0.5, 0.6) is 0 Å². The molecule has 0 amide bonds. The summed E-state index contributed by atoms with van der Waals surface area (Å²) in [6, 6.07) is 0. The van der Waals surface area contributed by atoms with Crippen molar-refractivity contribution in [1.82, 2.24) is 0 Å². The van der Waals surface area contributed by atoms with Crippen molar-refractivity contribution in [3.63, 3.8) is 0 Å². The van der Waals surface area contributed by atoms with Gasteiger partial charge in [0.1, 0.15) is 0 Å². The Bertz CT molecular complexity index is 626. The Morgan fingerprint density at radius 3 is 2.50 bits per heavy atom. The highest BCUT2D eigenvalue weighted by Crippen LogP contribution is 2.47. The first-order valence-electron chi connectivity index (χ1n) is 9.50. The molecule has 0 aromatic heterocycles. The van der Waals surface area contributed by atoms with E-state index in [0.717, 1.165) is 0 Å². The van der Waals surface area contributed by atoms with Crippen LogP contribution >= 0.6 is 0 Å². The van der Waals surface area contributed by atoms with E-state index in [4.69, 9.17) is 9.47 Å². The number of ether oxygens (including phenoxy) is 2. The fraction of sp³-hybridized carbons (Fsp3) is 0.800. The van der Waals surface area contributed by atoms with E-state index >= 15 is 0 Å². The molecule has 2 aliphatic heterocycles. The molecule has 26 heavy (non-hydrogen) atoms. The number of epoxide rings is 1. The molecule has 2 heterocycles. The fourth-order valence-electron chi connectivity index (χ4n) is 4.17. The van der Waals surface area contributed by atoms with Crippen molar-refractivity contribution in [3.8, 4) is 0 Å². The first-order valence-corrected chi connectivity index (χ1v) is 9.50. The molecule has 2 N–H and O–H groups in total. The molecule has 0 radical (unpaired) electrons. The highest BCUT2D eigenvalue weighted by atomic mass is 16.6. The Balaban J connectivity index is 1.88. The van der Waals surface area contributed by atoms with E-state index in [-0.39, 0.29) is 36.2 Å². The van der Waals surface area contributed by atoms with Crippen molar-refractivity contribution >= 4 is 11.8 Å². The normalized spacial score (nSPS) is 47.6. The average Bonchev–Trinajstić information content (AvgIpc) is 3.24. The number of hydrogen-bond donors (Lipinski definition) is 2. The third-order valence-corrected chi connectivity index (χ3v) is 6.66. The molecular formula is C20H30O6. The molecule has 3 fully saturated rings. The molecule has 3 aliphatic rings. The molecule has 1 saturated carbocycles. The van der Waals surface area contributed by atoms with E-state index in [1.54, 1.807) is 13.8 Å². The summed E-state index contributed by atoms with van der Waals surface area (Å²) in [7, 11) is 0. The molecule has 6 nitrogen and oxygen atoms in total. The van der Waals surface area contributed by atoms with Crippen LogP contribution in [0.4, 0.5) is 0 Å². The van der Waals surface area contributed by atoms with Gasteiger partial charge in [-0.2, -0.15) is 0 Å². The molecule has 2 bridgehead atoms. The third kappa shape index (κ3) is 3.59. The van der Waals surface area contributed by atoms with Crippen LogP contribution in [0.1, 0.15) is 65.7 Å². The predicted molar refractivity (Wildman–Crippen MR) is 94.4 cm³/mol. The largest absolute Gasteiger partial charge is 0.448 e. The number of ketones is 1. The molecule has 0 spiro atoms. The summed E-state index contributed by atoms with van der Waals surface area (Å²) < 4.78 is 11.4. The van der Waals surface area contributed by atoms with Crippen LogP contribution in [0, 0.1) is 5.92 Å². The molecular weight excluding hydrogens is 336 g/mol. The lowest BCUT2D eigenvalue weighted by atomic mass is 9.80. The third-order valence-electron chi connectivity index (χ3n) is 6.66. The number of hydrogen-bond acceptors (Lipinski definition) is 6. The summed E-state index contributed by atoms with van der Waals surface area (Å²) in [5.41, 5.74) is -2.54. The molecule has 6 atom stereocenters. The molecule has 2 saturated heterocycles. The maximum atomic E-state index is 12.8. The van der Waals surface area contributed by atoms with E-state index in [1.165, 1.54) is 0 Å². The van der Waals surface area contributed by atoms with Gasteiger partial charge in [-0.15, -0.1) is 0 Å². The van der Waals surface area contributed by atoms with Gasteiger partial charge in [0.2, 0.25) is 0 Å². The summed E-state index contributed by atoms with van der Waals surface area (Å²) in [5.74, 6) is -0.816. The average molecular weight is 366 g/mol. The molecule has 0 aromatic carbocycles. The minimum Gasteiger partial charge on any atom is -0.448 e. The zero-order chi connectivity index (χ0) is 19.3. The van der Waals surface area contributed by atoms with Gasteiger partial charge in [-0.3, -0.25) is 4.79 Å². The maximum absolute atomic E-state index is 12.8. The first kappa shape index (κ1) is 19.5. The second kappa shape index (κ2) is 6.43. The van der Waals surface area contributed by atoms with Crippen molar-refractivity contribution in [2.45, 2.75) is 94.7 Å². The first-order chi connectivity index (χ1) is 12.0. The van der Waals surface area contributed by atoms with Crippen LogP contribution in [0.3, 0.4) is 0 Å². The summed E-state index contributed by atoms with van der Waals surface area (Å²) in [6.45, 7) is 9.09. The van der Waals surface area contributed by atoms with Gasteiger partial charge in [0.15, 0.2) is 11.4 Å². The lowest BCUT2D eigenvalue weighted by Crippen LogP contribution is -2.44. The Labute approximate surface area is 154 Å². The van der Waals surface area contributed by atoms with Gasteiger partial charge in [0, 0.05) is 12.0 Å². The van der Waals surface area contributed by atoms with Gasteiger partial charge in [-0.25, -0.2) is 4.79 Å². The lowest BCUT2D eigenvalue weighted by molar-refractivity contribution is -0.162. The highest BCUT2D eigenvalue weighted by molar-refractivity contribution is 5.94. The monoisotopic (exact) mass is 366 g/mol. The topological polar surface area (TPSA) is 96.4 Å². The minimum atomic E-state index is -1.38. The summed E-state index contributed by atoms with van der Waals surface area (Å²) in [5, 5.41) is 21.0. The minimum absolute atomic E-state index is 0.0165. The van der Waals surface area contributed by atoms with Crippen molar-refractivity contribution in [2.24, 2.45) is 5.92 Å². The van der Waals surface area contributed by atoms with Gasteiger partial charge in [-0.1, -0.05) is 6.58 Å². The van der Waals surface area contributed by atoms with Crippen molar-refractivity contribution in [3.05, 3.63) is 12.2 Å². The van der Waals surface area contributed by atoms with E-state index in [1.807, 2.05) is 6.92 Å². The molecule has 146 valence electrons. The Morgan fingerprint density at radius 2 is 1.81 bits per heavy atom. The van der Waals surface area contributed by atoms with Crippen LogP contribution in [0.2, 0.25) is 0 Å². The van der Waals surface area contributed by atoms with Gasteiger partial charge < -0.3 is 19.7 Å². The number of carbonyl (C=O) groups excluding carboxylic acids is 2. The standard InChI is InChI=1S/C20H30O6/c1-12-13-5-9-19(3,26-17(12)23)15(22)6-8-18(2,24)14(21)7-10-20(4)16(11-13)25-20/h13-14,16,21,24H,1,5-11H2,2-4H3. The summed E-state index contributed by atoms with van der Waals surface area (Å²) >= 11 is 0. The second-order valence-corrected chi connectivity index (χ2v) is 8.87.